The van der Waals surface area contributed by atoms with Gasteiger partial charge >= 0.3 is 0 Å². The van der Waals surface area contributed by atoms with Gasteiger partial charge in [0.15, 0.2) is 0 Å². The molecule has 1 spiro atoms. The van der Waals surface area contributed by atoms with E-state index in [1.54, 1.807) is 0 Å². The van der Waals surface area contributed by atoms with Crippen molar-refractivity contribution in [1.29, 1.82) is 0 Å². The smallest absolute Gasteiger partial charge is 0.0493 e. The Morgan fingerprint density at radius 1 is 0.909 bits per heavy atom. The zero-order valence-corrected chi connectivity index (χ0v) is 6.64. The van der Waals surface area contributed by atoms with Crippen LogP contribution in [0.1, 0.15) is 25.7 Å². The Balaban J connectivity index is 1.94. The first-order chi connectivity index (χ1) is 5.24. The Morgan fingerprint density at radius 2 is 1.36 bits per heavy atom. The minimum atomic E-state index is 0.274. The number of aliphatic hydroxyl groups is 2. The Labute approximate surface area is 66.2 Å². The van der Waals surface area contributed by atoms with Gasteiger partial charge in [-0.1, -0.05) is 0 Å². The van der Waals surface area contributed by atoms with Gasteiger partial charge in [0.05, 0.1) is 0 Å². The summed E-state index contributed by atoms with van der Waals surface area (Å²) in [6.45, 7) is 0.712. The van der Waals surface area contributed by atoms with Gasteiger partial charge in [-0.2, -0.15) is 0 Å². The van der Waals surface area contributed by atoms with Crippen molar-refractivity contribution in [3.05, 3.63) is 0 Å². The number of rotatable bonds is 2. The van der Waals surface area contributed by atoms with Crippen LogP contribution in [0.15, 0.2) is 0 Å². The molecule has 11 heavy (non-hydrogen) atoms. The number of aliphatic hydroxyl groups excluding tert-OH is 2. The third-order valence-electron chi connectivity index (χ3n) is 4.75. The highest BCUT2D eigenvalue weighted by Gasteiger charge is 2.89. The van der Waals surface area contributed by atoms with Crippen molar-refractivity contribution < 1.29 is 10.2 Å². The zero-order chi connectivity index (χ0) is 7.74. The molecule has 0 saturated heterocycles. The standard InChI is InChI=1S/C9H14O2/c10-5-7-1-2-8(6-11)4-9(7,8)3-7/h10-11H,1-6H2. The van der Waals surface area contributed by atoms with E-state index in [4.69, 9.17) is 0 Å². The Morgan fingerprint density at radius 3 is 1.55 bits per heavy atom. The van der Waals surface area contributed by atoms with E-state index in [2.05, 4.69) is 0 Å². The molecule has 3 rings (SSSR count). The molecule has 0 radical (unpaired) electrons. The van der Waals surface area contributed by atoms with Crippen LogP contribution < -0.4 is 0 Å². The minimum absolute atomic E-state index is 0.274. The lowest BCUT2D eigenvalue weighted by molar-refractivity contribution is 0.196. The summed E-state index contributed by atoms with van der Waals surface area (Å²) in [5.41, 5.74) is 0.967. The van der Waals surface area contributed by atoms with E-state index in [9.17, 15) is 10.2 Å². The van der Waals surface area contributed by atoms with E-state index in [0.717, 1.165) is 12.8 Å². The Hall–Kier alpha value is -0.0800. The predicted molar refractivity (Wildman–Crippen MR) is 39.9 cm³/mol. The first-order valence-corrected chi connectivity index (χ1v) is 4.46. The van der Waals surface area contributed by atoms with Crippen molar-refractivity contribution >= 4 is 0 Å². The van der Waals surface area contributed by atoms with Gasteiger partial charge in [0.25, 0.3) is 0 Å². The van der Waals surface area contributed by atoms with Gasteiger partial charge in [0, 0.05) is 24.0 Å². The Bertz CT molecular complexity index is 194. The zero-order valence-electron chi connectivity index (χ0n) is 6.64. The minimum Gasteiger partial charge on any atom is -0.396 e. The fourth-order valence-electron chi connectivity index (χ4n) is 3.77. The molecule has 0 aromatic heterocycles. The molecule has 3 aliphatic rings. The summed E-state index contributed by atoms with van der Waals surface area (Å²) in [6, 6.07) is 0. The first kappa shape index (κ1) is 6.44. The van der Waals surface area contributed by atoms with Crippen LogP contribution in [0.4, 0.5) is 0 Å². The van der Waals surface area contributed by atoms with E-state index < -0.39 is 0 Å². The molecular formula is C9H14O2. The summed E-state index contributed by atoms with van der Waals surface area (Å²) in [5.74, 6) is 0. The molecule has 0 aromatic carbocycles. The van der Waals surface area contributed by atoms with Crippen molar-refractivity contribution in [3.8, 4) is 0 Å². The summed E-state index contributed by atoms with van der Waals surface area (Å²) in [7, 11) is 0. The third kappa shape index (κ3) is 0.411. The second-order valence-electron chi connectivity index (χ2n) is 4.81. The summed E-state index contributed by atoms with van der Waals surface area (Å²) in [5, 5.41) is 18.4. The molecule has 3 saturated carbocycles. The predicted octanol–water partition coefficient (Wildman–Crippen LogP) is 0.531. The maximum Gasteiger partial charge on any atom is 0.0493 e. The van der Waals surface area contributed by atoms with E-state index >= 15 is 0 Å². The van der Waals surface area contributed by atoms with Crippen molar-refractivity contribution in [2.75, 3.05) is 13.2 Å². The lowest BCUT2D eigenvalue weighted by Gasteiger charge is -2.09. The molecule has 62 valence electrons. The highest BCUT2D eigenvalue weighted by molar-refractivity contribution is 5.37. The van der Waals surface area contributed by atoms with Crippen LogP contribution >= 0.6 is 0 Å². The van der Waals surface area contributed by atoms with Crippen LogP contribution in [0.2, 0.25) is 0 Å². The molecule has 3 aliphatic carbocycles. The maximum atomic E-state index is 9.19. The summed E-state index contributed by atoms with van der Waals surface area (Å²) >= 11 is 0. The lowest BCUT2D eigenvalue weighted by atomic mass is 9.99. The van der Waals surface area contributed by atoms with Crippen LogP contribution in [-0.2, 0) is 0 Å². The summed E-state index contributed by atoms with van der Waals surface area (Å²) < 4.78 is 0. The highest BCUT2D eigenvalue weighted by atomic mass is 16.3. The van der Waals surface area contributed by atoms with Crippen LogP contribution in [0.5, 0.6) is 0 Å². The van der Waals surface area contributed by atoms with Crippen molar-refractivity contribution in [3.63, 3.8) is 0 Å². The van der Waals surface area contributed by atoms with E-state index in [0.29, 0.717) is 18.6 Å². The van der Waals surface area contributed by atoms with Gasteiger partial charge in [0.1, 0.15) is 0 Å². The van der Waals surface area contributed by atoms with E-state index in [-0.39, 0.29) is 10.8 Å². The second-order valence-corrected chi connectivity index (χ2v) is 4.81. The lowest BCUT2D eigenvalue weighted by Crippen LogP contribution is -2.06. The van der Waals surface area contributed by atoms with E-state index in [1.807, 2.05) is 0 Å². The summed E-state index contributed by atoms with van der Waals surface area (Å²) in [4.78, 5) is 0. The van der Waals surface area contributed by atoms with Gasteiger partial charge in [0.2, 0.25) is 0 Å². The fourth-order valence-corrected chi connectivity index (χ4v) is 3.77. The van der Waals surface area contributed by atoms with Crippen molar-refractivity contribution in [1.82, 2.24) is 0 Å². The van der Waals surface area contributed by atoms with Gasteiger partial charge in [-0.3, -0.25) is 0 Å². The molecule has 0 aliphatic heterocycles. The second kappa shape index (κ2) is 1.38. The van der Waals surface area contributed by atoms with Gasteiger partial charge in [-0.15, -0.1) is 0 Å². The molecule has 2 nitrogen and oxygen atoms in total. The van der Waals surface area contributed by atoms with Gasteiger partial charge < -0.3 is 10.2 Å². The first-order valence-electron chi connectivity index (χ1n) is 4.46. The molecular weight excluding hydrogens is 140 g/mol. The number of hydrogen-bond donors (Lipinski definition) is 2. The number of hydrogen-bond acceptors (Lipinski definition) is 2. The van der Waals surface area contributed by atoms with Crippen molar-refractivity contribution in [2.24, 2.45) is 16.2 Å². The quantitative estimate of drug-likeness (QED) is 0.609. The van der Waals surface area contributed by atoms with Crippen LogP contribution in [0.3, 0.4) is 0 Å². The largest absolute Gasteiger partial charge is 0.396 e. The topological polar surface area (TPSA) is 40.5 Å². The van der Waals surface area contributed by atoms with Gasteiger partial charge in [-0.05, 0) is 31.1 Å². The molecule has 0 amide bonds. The van der Waals surface area contributed by atoms with Crippen molar-refractivity contribution in [2.45, 2.75) is 25.7 Å². The van der Waals surface area contributed by atoms with Gasteiger partial charge in [-0.25, -0.2) is 0 Å². The van der Waals surface area contributed by atoms with Crippen LogP contribution in [-0.4, -0.2) is 23.4 Å². The molecule has 2 N–H and O–H groups in total. The molecule has 2 heteroatoms. The van der Waals surface area contributed by atoms with E-state index in [1.165, 1.54) is 12.8 Å². The highest BCUT2D eigenvalue weighted by Crippen LogP contribution is 2.94. The van der Waals surface area contributed by atoms with Crippen LogP contribution in [0.25, 0.3) is 0 Å². The molecule has 0 bridgehead atoms. The SMILES string of the molecule is OCC12CCC3(CO)CC13C2. The molecule has 0 heterocycles. The third-order valence-corrected chi connectivity index (χ3v) is 4.75. The maximum absolute atomic E-state index is 9.19. The molecule has 0 aromatic rings. The molecule has 2 atom stereocenters. The Kier molecular flexibility index (Phi) is 0.807. The molecule has 2 unspecified atom stereocenters. The molecule has 3 fully saturated rings. The normalized spacial score (nSPS) is 63.8. The summed E-state index contributed by atoms with van der Waals surface area (Å²) in [6.07, 6.45) is 4.70. The fraction of sp³-hybridized carbons (Fsp3) is 1.00. The average molecular weight is 154 g/mol. The van der Waals surface area contributed by atoms with Crippen LogP contribution in [0, 0.1) is 16.2 Å². The average Bonchev–Trinajstić information content (AvgIpc) is 2.88. The monoisotopic (exact) mass is 154 g/mol.